The molecular weight excluding hydrogens is 343 g/mol. The zero-order valence-electron chi connectivity index (χ0n) is 16.2. The zero-order valence-corrected chi connectivity index (χ0v) is 16.2. The summed E-state index contributed by atoms with van der Waals surface area (Å²) >= 11 is 0. The van der Waals surface area contributed by atoms with Gasteiger partial charge in [0.2, 0.25) is 0 Å². The van der Waals surface area contributed by atoms with E-state index >= 15 is 0 Å². The third-order valence-electron chi connectivity index (χ3n) is 4.66. The molecule has 1 aromatic carbocycles. The molecule has 2 aromatic rings. The Morgan fingerprint density at radius 2 is 1.93 bits per heavy atom. The molecule has 0 bridgehead atoms. The quantitative estimate of drug-likeness (QED) is 0.707. The van der Waals surface area contributed by atoms with Gasteiger partial charge in [0.15, 0.2) is 0 Å². The van der Waals surface area contributed by atoms with Gasteiger partial charge in [-0.25, -0.2) is 14.4 Å². The molecule has 1 aromatic heterocycles. The number of cyclic esters (lactones) is 1. The van der Waals surface area contributed by atoms with Crippen LogP contribution in [0.3, 0.4) is 0 Å². The van der Waals surface area contributed by atoms with E-state index < -0.39 is 0 Å². The van der Waals surface area contributed by atoms with Crippen molar-refractivity contribution in [3.8, 4) is 11.3 Å². The van der Waals surface area contributed by atoms with Crippen LogP contribution in [0.25, 0.3) is 17.3 Å². The number of halogens is 1. The maximum absolute atomic E-state index is 13.4. The number of hydrogen-bond acceptors (Lipinski definition) is 4. The Balaban J connectivity index is 2.05. The van der Waals surface area contributed by atoms with E-state index in [-0.39, 0.29) is 23.8 Å². The first-order chi connectivity index (χ1) is 12.8. The summed E-state index contributed by atoms with van der Waals surface area (Å²) in [6.07, 6.45) is 4.89. The van der Waals surface area contributed by atoms with Crippen LogP contribution in [0.15, 0.2) is 30.3 Å². The molecule has 0 N–H and O–H groups in total. The number of benzene rings is 1. The van der Waals surface area contributed by atoms with Crippen molar-refractivity contribution >= 4 is 12.0 Å². The molecule has 1 aliphatic rings. The number of carbonyl (C=O) groups is 1. The maximum Gasteiger partial charge on any atom is 0.306 e. The van der Waals surface area contributed by atoms with E-state index in [2.05, 4.69) is 30.7 Å². The number of aromatic nitrogens is 2. The van der Waals surface area contributed by atoms with Gasteiger partial charge in [-0.1, -0.05) is 26.8 Å². The lowest BCUT2D eigenvalue weighted by molar-refractivity contribution is -0.153. The average molecular weight is 368 g/mol. The minimum atomic E-state index is -0.284. The van der Waals surface area contributed by atoms with Crippen LogP contribution in [0.2, 0.25) is 0 Å². The molecule has 0 saturated carbocycles. The highest BCUT2D eigenvalue weighted by Gasteiger charge is 2.24. The van der Waals surface area contributed by atoms with Gasteiger partial charge in [-0.3, -0.25) is 4.79 Å². The third-order valence-corrected chi connectivity index (χ3v) is 4.66. The predicted molar refractivity (Wildman–Crippen MR) is 104 cm³/mol. The molecule has 0 spiro atoms. The smallest absolute Gasteiger partial charge is 0.306 e. The zero-order chi connectivity index (χ0) is 19.6. The summed E-state index contributed by atoms with van der Waals surface area (Å²) in [6.45, 7) is 8.07. The molecule has 1 saturated heterocycles. The first-order valence-corrected chi connectivity index (χ1v) is 9.35. The van der Waals surface area contributed by atoms with Gasteiger partial charge in [0.05, 0.1) is 11.4 Å². The number of rotatable bonds is 4. The van der Waals surface area contributed by atoms with E-state index in [1.807, 2.05) is 19.1 Å². The van der Waals surface area contributed by atoms with Crippen molar-refractivity contribution in [3.63, 3.8) is 0 Å². The topological polar surface area (TPSA) is 52.1 Å². The van der Waals surface area contributed by atoms with E-state index in [9.17, 15) is 9.18 Å². The van der Waals surface area contributed by atoms with Gasteiger partial charge in [0.25, 0.3) is 0 Å². The van der Waals surface area contributed by atoms with Crippen LogP contribution >= 0.6 is 0 Å². The molecule has 27 heavy (non-hydrogen) atoms. The fourth-order valence-corrected chi connectivity index (χ4v) is 3.39. The van der Waals surface area contributed by atoms with Gasteiger partial charge in [-0.2, -0.15) is 0 Å². The van der Waals surface area contributed by atoms with Gasteiger partial charge in [0, 0.05) is 17.5 Å². The van der Waals surface area contributed by atoms with E-state index in [4.69, 9.17) is 4.74 Å². The molecule has 0 aliphatic carbocycles. The second-order valence-corrected chi connectivity index (χ2v) is 7.51. The minimum absolute atomic E-state index is 0.161. The summed E-state index contributed by atoms with van der Waals surface area (Å²) in [4.78, 5) is 21.0. The Hall–Kier alpha value is -2.56. The molecule has 3 rings (SSSR count). The fourth-order valence-electron chi connectivity index (χ4n) is 3.39. The van der Waals surface area contributed by atoms with Crippen LogP contribution < -0.4 is 0 Å². The van der Waals surface area contributed by atoms with Crippen LogP contribution in [-0.4, -0.2) is 22.0 Å². The van der Waals surface area contributed by atoms with Gasteiger partial charge < -0.3 is 4.74 Å². The number of hydrogen-bond donors (Lipinski definition) is 0. The molecule has 1 aliphatic heterocycles. The largest absolute Gasteiger partial charge is 0.458 e. The summed E-state index contributed by atoms with van der Waals surface area (Å²) in [5.74, 6) is 0.725. The Morgan fingerprint density at radius 1 is 1.22 bits per heavy atom. The maximum atomic E-state index is 13.4. The van der Waals surface area contributed by atoms with Crippen LogP contribution in [0.1, 0.15) is 56.6 Å². The number of aryl methyl sites for hydroxylation is 1. The summed E-state index contributed by atoms with van der Waals surface area (Å²) in [7, 11) is 0. The molecule has 0 amide bonds. The molecular formula is C22H25FN2O2. The van der Waals surface area contributed by atoms with Crippen LogP contribution in [0, 0.1) is 18.7 Å². The van der Waals surface area contributed by atoms with Crippen LogP contribution in [-0.2, 0) is 9.53 Å². The van der Waals surface area contributed by atoms with Gasteiger partial charge in [-0.05, 0) is 55.5 Å². The van der Waals surface area contributed by atoms with Crippen molar-refractivity contribution in [3.05, 3.63) is 53.2 Å². The second-order valence-electron chi connectivity index (χ2n) is 7.51. The first-order valence-electron chi connectivity index (χ1n) is 9.35. The molecule has 2 atom stereocenters. The normalized spacial score (nSPS) is 20.3. The van der Waals surface area contributed by atoms with Crippen molar-refractivity contribution in [2.24, 2.45) is 5.92 Å². The van der Waals surface area contributed by atoms with E-state index in [0.717, 1.165) is 28.9 Å². The number of ether oxygens (including phenoxy) is 1. The van der Waals surface area contributed by atoms with Crippen molar-refractivity contribution in [1.29, 1.82) is 0 Å². The van der Waals surface area contributed by atoms with Gasteiger partial charge >= 0.3 is 5.97 Å². The summed E-state index contributed by atoms with van der Waals surface area (Å²) < 4.78 is 18.8. The lowest BCUT2D eigenvalue weighted by Crippen LogP contribution is -2.26. The SMILES string of the molecule is Cc1nc(-c2ccc(F)cc2)c(/C=C/[C@@H]2C[C@@H](C)CC(=O)O2)c(C(C)C)n1. The first kappa shape index (κ1) is 19.2. The molecule has 4 nitrogen and oxygen atoms in total. The van der Waals surface area contributed by atoms with Gasteiger partial charge in [-0.15, -0.1) is 0 Å². The highest BCUT2D eigenvalue weighted by atomic mass is 19.1. The Morgan fingerprint density at radius 3 is 2.56 bits per heavy atom. The lowest BCUT2D eigenvalue weighted by atomic mass is 9.94. The number of nitrogens with zero attached hydrogens (tertiary/aromatic N) is 2. The number of esters is 1. The predicted octanol–water partition coefficient (Wildman–Crippen LogP) is 5.07. The van der Waals surface area contributed by atoms with Crippen molar-refractivity contribution < 1.29 is 13.9 Å². The Bertz CT molecular complexity index is 859. The van der Waals surface area contributed by atoms with Crippen LogP contribution in [0.4, 0.5) is 4.39 Å². The molecule has 5 heteroatoms. The molecule has 142 valence electrons. The molecule has 2 heterocycles. The fraction of sp³-hybridized carbons (Fsp3) is 0.409. The minimum Gasteiger partial charge on any atom is -0.458 e. The number of carbonyl (C=O) groups excluding carboxylic acids is 1. The van der Waals surface area contributed by atoms with Gasteiger partial charge in [0.1, 0.15) is 17.7 Å². The summed E-state index contributed by atoms with van der Waals surface area (Å²) in [5.41, 5.74) is 3.40. The molecule has 1 fully saturated rings. The highest BCUT2D eigenvalue weighted by Crippen LogP contribution is 2.30. The lowest BCUT2D eigenvalue weighted by Gasteiger charge is -2.24. The summed E-state index contributed by atoms with van der Waals surface area (Å²) in [5, 5.41) is 0. The van der Waals surface area contributed by atoms with Crippen molar-refractivity contribution in [2.75, 3.05) is 0 Å². The third kappa shape index (κ3) is 4.59. The Kier molecular flexibility index (Phi) is 5.68. The average Bonchev–Trinajstić information content (AvgIpc) is 2.59. The molecule has 0 unspecified atom stereocenters. The Labute approximate surface area is 159 Å². The van der Waals surface area contributed by atoms with Crippen LogP contribution in [0.5, 0.6) is 0 Å². The summed E-state index contributed by atoms with van der Waals surface area (Å²) in [6, 6.07) is 6.31. The molecule has 0 radical (unpaired) electrons. The van der Waals surface area contributed by atoms with Crippen molar-refractivity contribution in [1.82, 2.24) is 9.97 Å². The second kappa shape index (κ2) is 7.99. The van der Waals surface area contributed by atoms with E-state index in [0.29, 0.717) is 18.2 Å². The highest BCUT2D eigenvalue weighted by molar-refractivity contribution is 5.74. The monoisotopic (exact) mass is 368 g/mol. The van der Waals surface area contributed by atoms with E-state index in [1.165, 1.54) is 12.1 Å². The standard InChI is InChI=1S/C22H25FN2O2/c1-13(2)21-19(10-9-18-11-14(3)12-20(26)27-18)22(25-15(4)24-21)16-5-7-17(23)8-6-16/h5-10,13-14,18H,11-12H2,1-4H3/b10-9+/t14-,18-/m1/s1. The van der Waals surface area contributed by atoms with Crippen molar-refractivity contribution in [2.45, 2.75) is 52.6 Å². The van der Waals surface area contributed by atoms with E-state index in [1.54, 1.807) is 12.1 Å².